The molecule has 0 unspecified atom stereocenters. The van der Waals surface area contributed by atoms with Crippen LogP contribution in [0.4, 0.5) is 5.13 Å². The predicted octanol–water partition coefficient (Wildman–Crippen LogP) is 5.04. The zero-order chi connectivity index (χ0) is 17.4. The van der Waals surface area contributed by atoms with Crippen LogP contribution < -0.4 is 5.32 Å². The average molecular weight is 391 g/mol. The van der Waals surface area contributed by atoms with E-state index in [-0.39, 0.29) is 5.91 Å². The summed E-state index contributed by atoms with van der Waals surface area (Å²) >= 11 is 13.4. The van der Waals surface area contributed by atoms with E-state index in [0.717, 1.165) is 24.2 Å². The van der Waals surface area contributed by atoms with E-state index in [1.165, 1.54) is 11.3 Å². The molecule has 2 heterocycles. The Morgan fingerprint density at radius 2 is 2.04 bits per heavy atom. The molecule has 0 saturated heterocycles. The number of aromatic nitrogens is 3. The van der Waals surface area contributed by atoms with Crippen LogP contribution in [0.1, 0.15) is 35.1 Å². The van der Waals surface area contributed by atoms with Gasteiger partial charge in [-0.1, -0.05) is 23.2 Å². The van der Waals surface area contributed by atoms with Crippen molar-refractivity contribution in [2.24, 2.45) is 0 Å². The lowest BCUT2D eigenvalue weighted by molar-refractivity contribution is 0.102. The fourth-order valence-corrected chi connectivity index (χ4v) is 3.56. The van der Waals surface area contributed by atoms with Gasteiger partial charge in [0, 0.05) is 28.1 Å². The molecule has 1 aliphatic carbocycles. The minimum Gasteiger partial charge on any atom is -0.296 e. The van der Waals surface area contributed by atoms with E-state index in [9.17, 15) is 4.79 Å². The number of hydrogen-bond donors (Lipinski definition) is 1. The molecule has 25 heavy (non-hydrogen) atoms. The van der Waals surface area contributed by atoms with Crippen LogP contribution in [-0.4, -0.2) is 20.9 Å². The first-order valence-electron chi connectivity index (χ1n) is 7.65. The van der Waals surface area contributed by atoms with Gasteiger partial charge in [-0.25, -0.2) is 15.0 Å². The monoisotopic (exact) mass is 390 g/mol. The number of anilines is 1. The molecule has 126 valence electrons. The van der Waals surface area contributed by atoms with Gasteiger partial charge in [0.2, 0.25) is 0 Å². The van der Waals surface area contributed by atoms with E-state index in [1.54, 1.807) is 30.5 Å². The first-order valence-corrected chi connectivity index (χ1v) is 9.29. The zero-order valence-corrected chi connectivity index (χ0v) is 15.2. The number of rotatable bonds is 4. The number of hydrogen-bond acceptors (Lipinski definition) is 5. The van der Waals surface area contributed by atoms with E-state index in [0.29, 0.717) is 32.5 Å². The predicted molar refractivity (Wildman–Crippen MR) is 99.5 cm³/mol. The summed E-state index contributed by atoms with van der Waals surface area (Å²) in [7, 11) is 0. The summed E-state index contributed by atoms with van der Waals surface area (Å²) in [4.78, 5) is 25.4. The molecule has 1 aromatic carbocycles. The summed E-state index contributed by atoms with van der Waals surface area (Å²) in [6, 6.07) is 6.82. The molecule has 0 spiro atoms. The van der Waals surface area contributed by atoms with Crippen molar-refractivity contribution < 1.29 is 4.79 Å². The maximum atomic E-state index is 12.4. The average Bonchev–Trinajstić information content (AvgIpc) is 3.35. The Balaban J connectivity index is 1.52. The Hall–Kier alpha value is -2.02. The number of thiazole rings is 1. The quantitative estimate of drug-likeness (QED) is 0.677. The van der Waals surface area contributed by atoms with Crippen molar-refractivity contribution in [2.45, 2.75) is 18.8 Å². The Morgan fingerprint density at radius 3 is 2.80 bits per heavy atom. The smallest absolute Gasteiger partial charge is 0.276 e. The fourth-order valence-electron chi connectivity index (χ4n) is 2.35. The van der Waals surface area contributed by atoms with Gasteiger partial charge in [0.15, 0.2) is 5.13 Å². The van der Waals surface area contributed by atoms with Crippen LogP contribution in [0.15, 0.2) is 35.8 Å². The van der Waals surface area contributed by atoms with Crippen LogP contribution in [0.2, 0.25) is 10.0 Å². The highest BCUT2D eigenvalue weighted by Crippen LogP contribution is 2.37. The van der Waals surface area contributed by atoms with Crippen LogP contribution in [0, 0.1) is 0 Å². The minimum atomic E-state index is -0.299. The number of carbonyl (C=O) groups is 1. The maximum absolute atomic E-state index is 12.4. The van der Waals surface area contributed by atoms with Crippen molar-refractivity contribution in [3.05, 3.63) is 57.4 Å². The standard InChI is InChI=1S/C17H12Cl2N4OS/c18-10-3-4-11(12(19)7-10)14-8-25-17(22-14)23-16(24)13-5-6-20-15(21-13)9-1-2-9/h3-9H,1-2H2,(H,22,23,24). The molecule has 5 nitrogen and oxygen atoms in total. The molecule has 1 aliphatic rings. The van der Waals surface area contributed by atoms with Gasteiger partial charge in [0.1, 0.15) is 11.5 Å². The van der Waals surface area contributed by atoms with E-state index < -0.39 is 0 Å². The molecular weight excluding hydrogens is 379 g/mol. The van der Waals surface area contributed by atoms with Crippen LogP contribution in [0.5, 0.6) is 0 Å². The summed E-state index contributed by atoms with van der Waals surface area (Å²) in [6.07, 6.45) is 3.79. The summed E-state index contributed by atoms with van der Waals surface area (Å²) < 4.78 is 0. The molecule has 8 heteroatoms. The van der Waals surface area contributed by atoms with Gasteiger partial charge >= 0.3 is 0 Å². The van der Waals surface area contributed by atoms with E-state index in [1.807, 2.05) is 5.38 Å². The second-order valence-corrected chi connectivity index (χ2v) is 7.39. The van der Waals surface area contributed by atoms with Gasteiger partial charge < -0.3 is 0 Å². The zero-order valence-electron chi connectivity index (χ0n) is 12.9. The number of halogens is 2. The largest absolute Gasteiger partial charge is 0.296 e. The molecule has 1 fully saturated rings. The summed E-state index contributed by atoms with van der Waals surface area (Å²) in [5.41, 5.74) is 1.79. The Labute approximate surface area is 158 Å². The highest BCUT2D eigenvalue weighted by atomic mass is 35.5. The number of nitrogens with one attached hydrogen (secondary N) is 1. The third kappa shape index (κ3) is 3.66. The second kappa shape index (κ2) is 6.71. The first-order chi connectivity index (χ1) is 12.1. The SMILES string of the molecule is O=C(Nc1nc(-c2ccc(Cl)cc2Cl)cs1)c1ccnc(C2CC2)n1. The van der Waals surface area contributed by atoms with E-state index in [4.69, 9.17) is 23.2 Å². The van der Waals surface area contributed by atoms with Crippen molar-refractivity contribution >= 4 is 45.6 Å². The van der Waals surface area contributed by atoms with Crippen LogP contribution in [-0.2, 0) is 0 Å². The van der Waals surface area contributed by atoms with Gasteiger partial charge in [-0.3, -0.25) is 10.1 Å². The molecule has 3 aromatic rings. The van der Waals surface area contributed by atoms with Gasteiger partial charge in [-0.05, 0) is 37.1 Å². The van der Waals surface area contributed by atoms with Crippen molar-refractivity contribution in [3.8, 4) is 11.3 Å². The number of benzene rings is 1. The number of nitrogens with zero attached hydrogens (tertiary/aromatic N) is 3. The summed E-state index contributed by atoms with van der Waals surface area (Å²) in [6.45, 7) is 0. The third-order valence-electron chi connectivity index (χ3n) is 3.78. The van der Waals surface area contributed by atoms with E-state index in [2.05, 4.69) is 20.3 Å². The normalized spacial score (nSPS) is 13.7. The van der Waals surface area contributed by atoms with Crippen LogP contribution >= 0.6 is 34.5 Å². The van der Waals surface area contributed by atoms with Crippen LogP contribution in [0.3, 0.4) is 0 Å². The molecule has 1 saturated carbocycles. The Bertz CT molecular complexity index is 955. The summed E-state index contributed by atoms with van der Waals surface area (Å²) in [5, 5.41) is 6.17. The lowest BCUT2D eigenvalue weighted by atomic mass is 10.2. The molecule has 1 N–H and O–H groups in total. The van der Waals surface area contributed by atoms with Gasteiger partial charge in [0.25, 0.3) is 5.91 Å². The second-order valence-electron chi connectivity index (χ2n) is 5.69. The Kier molecular flexibility index (Phi) is 4.41. The van der Waals surface area contributed by atoms with Crippen molar-refractivity contribution in [2.75, 3.05) is 5.32 Å². The molecule has 4 rings (SSSR count). The van der Waals surface area contributed by atoms with Gasteiger partial charge in [0.05, 0.1) is 10.7 Å². The van der Waals surface area contributed by atoms with Crippen molar-refractivity contribution in [1.82, 2.24) is 15.0 Å². The van der Waals surface area contributed by atoms with Crippen molar-refractivity contribution in [3.63, 3.8) is 0 Å². The van der Waals surface area contributed by atoms with Crippen molar-refractivity contribution in [1.29, 1.82) is 0 Å². The fraction of sp³-hybridized carbons (Fsp3) is 0.176. The minimum absolute atomic E-state index is 0.299. The van der Waals surface area contributed by atoms with Gasteiger partial charge in [-0.2, -0.15) is 0 Å². The lowest BCUT2D eigenvalue weighted by Gasteiger charge is -2.03. The summed E-state index contributed by atoms with van der Waals surface area (Å²) in [5.74, 6) is 0.832. The first kappa shape index (κ1) is 16.4. The molecule has 0 aliphatic heterocycles. The molecule has 0 radical (unpaired) electrons. The molecule has 1 amide bonds. The number of carbonyl (C=O) groups excluding carboxylic acids is 1. The maximum Gasteiger partial charge on any atom is 0.276 e. The van der Waals surface area contributed by atoms with Gasteiger partial charge in [-0.15, -0.1) is 11.3 Å². The molecular formula is C17H12Cl2N4OS. The number of amides is 1. The van der Waals surface area contributed by atoms with Crippen LogP contribution in [0.25, 0.3) is 11.3 Å². The topological polar surface area (TPSA) is 67.8 Å². The lowest BCUT2D eigenvalue weighted by Crippen LogP contribution is -2.14. The highest BCUT2D eigenvalue weighted by molar-refractivity contribution is 7.14. The highest BCUT2D eigenvalue weighted by Gasteiger charge is 2.27. The molecule has 0 bridgehead atoms. The van der Waals surface area contributed by atoms with E-state index >= 15 is 0 Å². The Morgan fingerprint density at radius 1 is 1.20 bits per heavy atom. The third-order valence-corrected chi connectivity index (χ3v) is 5.09. The molecule has 0 atom stereocenters. The molecule has 2 aromatic heterocycles.